The molecule has 462 valence electrons. The summed E-state index contributed by atoms with van der Waals surface area (Å²) >= 11 is 0. The maximum Gasteiger partial charge on any atom is 0.306 e. The second-order valence-corrected chi connectivity index (χ2v) is 22.3. The Labute approximate surface area is 501 Å². The molecule has 0 amide bonds. The van der Waals surface area contributed by atoms with Crippen LogP contribution in [0.5, 0.6) is 0 Å². The normalized spacial score (nSPS) is 12.9. The summed E-state index contributed by atoms with van der Waals surface area (Å²) in [5, 5.41) is 0. The summed E-state index contributed by atoms with van der Waals surface area (Å²) in [5.41, 5.74) is 0. The topological polar surface area (TPSA) is 78.9 Å². The molecule has 1 unspecified atom stereocenters. The van der Waals surface area contributed by atoms with Crippen molar-refractivity contribution in [2.75, 3.05) is 13.2 Å². The van der Waals surface area contributed by atoms with Gasteiger partial charge < -0.3 is 14.2 Å². The Morgan fingerprint density at radius 3 is 0.802 bits per heavy atom. The molecular weight excluding hydrogens is 997 g/mol. The van der Waals surface area contributed by atoms with Crippen LogP contribution in [0.3, 0.4) is 0 Å². The van der Waals surface area contributed by atoms with E-state index in [0.717, 1.165) is 135 Å². The Kier molecular flexibility index (Phi) is 64.8. The summed E-state index contributed by atoms with van der Waals surface area (Å²) in [4.78, 5) is 38.4. The standard InChI is InChI=1S/C75H126O6/c1-4-7-10-13-16-19-22-25-28-30-32-34-36-37-39-40-42-44-47-50-53-56-59-62-65-68-74(77)80-71-72(70-79-73(76)67-64-61-58-55-52-49-46-27-24-21-18-15-12-9-6-3)81-75(78)69-66-63-60-57-54-51-48-45-43-41-38-35-33-31-29-26-23-20-17-14-11-8-5-2/h7,10,16,18-19,21,25,27-28,31-34,37,39,42,44,46,50,53,72H,4-6,8-9,11-15,17,20,22-24,26,29-30,35-36,38,40-41,43,45,47-49,51-52,54-71H2,1-3H3/b10-7-,19-16-,21-18-,28-25-,33-31-,34-32-,39-37-,44-42-,46-27-,53-50-. The van der Waals surface area contributed by atoms with Crippen LogP contribution in [-0.2, 0) is 28.6 Å². The number of carbonyl (C=O) groups excluding carboxylic acids is 3. The van der Waals surface area contributed by atoms with Crippen molar-refractivity contribution in [2.45, 2.75) is 322 Å². The molecule has 0 saturated carbocycles. The van der Waals surface area contributed by atoms with Crippen molar-refractivity contribution in [1.29, 1.82) is 0 Å². The van der Waals surface area contributed by atoms with Crippen molar-refractivity contribution in [2.24, 2.45) is 0 Å². The van der Waals surface area contributed by atoms with Crippen LogP contribution in [0.25, 0.3) is 0 Å². The lowest BCUT2D eigenvalue weighted by Gasteiger charge is -2.18. The number of hydrogen-bond donors (Lipinski definition) is 0. The second-order valence-electron chi connectivity index (χ2n) is 22.3. The first-order chi connectivity index (χ1) is 40.0. The maximum absolute atomic E-state index is 13.0. The molecule has 0 aromatic carbocycles. The quantitative estimate of drug-likeness (QED) is 0.0261. The Hall–Kier alpha value is -4.19. The predicted octanol–water partition coefficient (Wildman–Crippen LogP) is 23.6. The van der Waals surface area contributed by atoms with Gasteiger partial charge in [0.2, 0.25) is 0 Å². The number of unbranched alkanes of at least 4 members (excludes halogenated alkanes) is 30. The van der Waals surface area contributed by atoms with Gasteiger partial charge in [0.05, 0.1) is 0 Å². The summed E-state index contributed by atoms with van der Waals surface area (Å²) < 4.78 is 16.9. The van der Waals surface area contributed by atoms with Gasteiger partial charge in [0.25, 0.3) is 0 Å². The van der Waals surface area contributed by atoms with Crippen molar-refractivity contribution < 1.29 is 28.6 Å². The third kappa shape index (κ3) is 66.5. The highest BCUT2D eigenvalue weighted by molar-refractivity contribution is 5.71. The molecule has 0 aliphatic heterocycles. The van der Waals surface area contributed by atoms with E-state index in [9.17, 15) is 14.4 Å². The fourth-order valence-corrected chi connectivity index (χ4v) is 9.33. The van der Waals surface area contributed by atoms with Gasteiger partial charge in [-0.15, -0.1) is 0 Å². The van der Waals surface area contributed by atoms with Gasteiger partial charge in [-0.3, -0.25) is 14.4 Å². The fourth-order valence-electron chi connectivity index (χ4n) is 9.33. The number of allylic oxidation sites excluding steroid dienone is 20. The summed E-state index contributed by atoms with van der Waals surface area (Å²) in [5.74, 6) is -0.937. The van der Waals surface area contributed by atoms with Gasteiger partial charge >= 0.3 is 17.9 Å². The van der Waals surface area contributed by atoms with Gasteiger partial charge in [-0.25, -0.2) is 0 Å². The van der Waals surface area contributed by atoms with E-state index in [0.29, 0.717) is 19.3 Å². The molecule has 0 heterocycles. The average Bonchev–Trinajstić information content (AvgIpc) is 3.47. The summed E-state index contributed by atoms with van der Waals surface area (Å²) in [6, 6.07) is 0. The highest BCUT2D eigenvalue weighted by Crippen LogP contribution is 2.16. The van der Waals surface area contributed by atoms with Crippen LogP contribution in [-0.4, -0.2) is 37.2 Å². The molecule has 0 bridgehead atoms. The molecule has 6 heteroatoms. The average molecular weight is 1120 g/mol. The monoisotopic (exact) mass is 1120 g/mol. The van der Waals surface area contributed by atoms with Gasteiger partial charge in [0.15, 0.2) is 6.10 Å². The van der Waals surface area contributed by atoms with Gasteiger partial charge in [0, 0.05) is 19.3 Å². The summed E-state index contributed by atoms with van der Waals surface area (Å²) in [6.07, 6.45) is 94.9. The number of rotatable bonds is 61. The van der Waals surface area contributed by atoms with Crippen molar-refractivity contribution in [3.8, 4) is 0 Å². The van der Waals surface area contributed by atoms with E-state index in [4.69, 9.17) is 14.2 Å². The first-order valence-corrected chi connectivity index (χ1v) is 34.0. The molecule has 0 N–H and O–H groups in total. The molecule has 0 aliphatic carbocycles. The number of hydrogen-bond acceptors (Lipinski definition) is 6. The Balaban J connectivity index is 4.44. The highest BCUT2D eigenvalue weighted by Gasteiger charge is 2.19. The Morgan fingerprint density at radius 1 is 0.259 bits per heavy atom. The molecule has 1 atom stereocenters. The van der Waals surface area contributed by atoms with Crippen molar-refractivity contribution >= 4 is 17.9 Å². The number of carbonyl (C=O) groups is 3. The number of esters is 3. The molecule has 0 aromatic rings. The minimum atomic E-state index is -0.803. The van der Waals surface area contributed by atoms with Crippen molar-refractivity contribution in [3.63, 3.8) is 0 Å². The SMILES string of the molecule is CC/C=C\C/C=C\C/C=C\C/C=C\C/C=C\C/C=C\C/C=C\CCCCCC(=O)OCC(COC(=O)CCCCCCC/C=C\C/C=C\CCCCC)OC(=O)CCCCCCCCCCCCC/C=C\CCCCCCCCCC. The third-order valence-corrected chi connectivity index (χ3v) is 14.4. The Morgan fingerprint density at radius 2 is 0.481 bits per heavy atom. The van der Waals surface area contributed by atoms with E-state index in [2.05, 4.69) is 142 Å². The van der Waals surface area contributed by atoms with Crippen molar-refractivity contribution in [3.05, 3.63) is 122 Å². The molecular formula is C75H126O6. The molecule has 0 spiro atoms. The smallest absolute Gasteiger partial charge is 0.306 e. The van der Waals surface area contributed by atoms with Crippen LogP contribution in [0.1, 0.15) is 316 Å². The summed E-state index contributed by atoms with van der Waals surface area (Å²) in [7, 11) is 0. The predicted molar refractivity (Wildman–Crippen MR) is 353 cm³/mol. The first kappa shape index (κ1) is 76.8. The molecule has 0 aromatic heterocycles. The molecule has 0 fully saturated rings. The molecule has 6 nitrogen and oxygen atoms in total. The molecule has 0 rings (SSSR count). The molecule has 0 aliphatic rings. The first-order valence-electron chi connectivity index (χ1n) is 34.0. The highest BCUT2D eigenvalue weighted by atomic mass is 16.6. The zero-order chi connectivity index (χ0) is 58.5. The van der Waals surface area contributed by atoms with Gasteiger partial charge in [0.1, 0.15) is 13.2 Å². The lowest BCUT2D eigenvalue weighted by atomic mass is 10.0. The molecule has 0 saturated heterocycles. The molecule has 0 radical (unpaired) electrons. The van der Waals surface area contributed by atoms with E-state index < -0.39 is 6.10 Å². The lowest BCUT2D eigenvalue weighted by Crippen LogP contribution is -2.30. The minimum absolute atomic E-state index is 0.0977. The lowest BCUT2D eigenvalue weighted by molar-refractivity contribution is -0.167. The van der Waals surface area contributed by atoms with Gasteiger partial charge in [-0.1, -0.05) is 284 Å². The Bertz CT molecular complexity index is 1670. The van der Waals surface area contributed by atoms with Crippen molar-refractivity contribution in [1.82, 2.24) is 0 Å². The van der Waals surface area contributed by atoms with Crippen LogP contribution < -0.4 is 0 Å². The maximum atomic E-state index is 13.0. The zero-order valence-corrected chi connectivity index (χ0v) is 53.0. The second kappa shape index (κ2) is 68.3. The summed E-state index contributed by atoms with van der Waals surface area (Å²) in [6.45, 7) is 6.48. The third-order valence-electron chi connectivity index (χ3n) is 14.4. The molecule has 81 heavy (non-hydrogen) atoms. The van der Waals surface area contributed by atoms with E-state index >= 15 is 0 Å². The zero-order valence-electron chi connectivity index (χ0n) is 53.0. The van der Waals surface area contributed by atoms with E-state index in [1.54, 1.807) is 0 Å². The van der Waals surface area contributed by atoms with Gasteiger partial charge in [-0.2, -0.15) is 0 Å². The van der Waals surface area contributed by atoms with Gasteiger partial charge in [-0.05, 0) is 135 Å². The van der Waals surface area contributed by atoms with E-state index in [1.165, 1.54) is 141 Å². The van der Waals surface area contributed by atoms with Crippen LogP contribution in [0.4, 0.5) is 0 Å². The van der Waals surface area contributed by atoms with Crippen LogP contribution in [0.15, 0.2) is 122 Å². The van der Waals surface area contributed by atoms with Crippen LogP contribution >= 0.6 is 0 Å². The van der Waals surface area contributed by atoms with Crippen LogP contribution in [0, 0.1) is 0 Å². The largest absolute Gasteiger partial charge is 0.462 e. The fraction of sp³-hybridized carbons (Fsp3) is 0.693. The van der Waals surface area contributed by atoms with Crippen LogP contribution in [0.2, 0.25) is 0 Å². The van der Waals surface area contributed by atoms with E-state index in [-0.39, 0.29) is 31.1 Å². The van der Waals surface area contributed by atoms with E-state index in [1.807, 2.05) is 0 Å². The number of ether oxygens (including phenoxy) is 3. The minimum Gasteiger partial charge on any atom is -0.462 e.